The van der Waals surface area contributed by atoms with E-state index < -0.39 is 21.8 Å². The molecular weight excluding hydrogens is 373 g/mol. The van der Waals surface area contributed by atoms with E-state index in [9.17, 15) is 13.2 Å². The van der Waals surface area contributed by atoms with Crippen LogP contribution in [0.2, 0.25) is 10.0 Å². The fourth-order valence-electron chi connectivity index (χ4n) is 2.54. The van der Waals surface area contributed by atoms with Gasteiger partial charge < -0.3 is 10.1 Å². The molecule has 2 aromatic rings. The second-order valence-corrected chi connectivity index (χ2v) is 8.15. The van der Waals surface area contributed by atoms with E-state index in [0.717, 1.165) is 0 Å². The molecule has 0 spiro atoms. The Labute approximate surface area is 149 Å². The molecule has 0 unspecified atom stereocenters. The van der Waals surface area contributed by atoms with Crippen molar-refractivity contribution >= 4 is 38.9 Å². The zero-order valence-corrected chi connectivity index (χ0v) is 14.7. The average molecular weight is 386 g/mol. The van der Waals surface area contributed by atoms with Gasteiger partial charge in [-0.2, -0.15) is 0 Å². The summed E-state index contributed by atoms with van der Waals surface area (Å²) in [6, 6.07) is 10.7. The van der Waals surface area contributed by atoms with Gasteiger partial charge in [-0.3, -0.25) is 4.79 Å². The number of amides is 1. The van der Waals surface area contributed by atoms with Crippen molar-refractivity contribution in [1.29, 1.82) is 0 Å². The highest BCUT2D eigenvalue weighted by Gasteiger charge is 2.35. The predicted octanol–water partition coefficient (Wildman–Crippen LogP) is 3.02. The molecule has 1 aliphatic rings. The van der Waals surface area contributed by atoms with Crippen LogP contribution in [0.3, 0.4) is 0 Å². The summed E-state index contributed by atoms with van der Waals surface area (Å²) in [7, 11) is -3.37. The van der Waals surface area contributed by atoms with Crippen molar-refractivity contribution in [1.82, 2.24) is 5.32 Å². The number of carbonyl (C=O) groups excluding carboxylic acids is 1. The summed E-state index contributed by atoms with van der Waals surface area (Å²) in [6.45, 7) is -0.278. The average Bonchev–Trinajstić information content (AvgIpc) is 2.78. The minimum absolute atomic E-state index is 0.153. The number of carbonyl (C=O) groups is 1. The minimum Gasteiger partial charge on any atom is -0.482 e. The van der Waals surface area contributed by atoms with Crippen LogP contribution in [0, 0.1) is 0 Å². The van der Waals surface area contributed by atoms with E-state index in [4.69, 9.17) is 27.9 Å². The lowest BCUT2D eigenvalue weighted by Gasteiger charge is -2.13. The molecule has 0 saturated heterocycles. The van der Waals surface area contributed by atoms with E-state index in [0.29, 0.717) is 21.4 Å². The first kappa shape index (κ1) is 17.1. The first-order valence-electron chi connectivity index (χ1n) is 7.06. The van der Waals surface area contributed by atoms with Gasteiger partial charge >= 0.3 is 0 Å². The highest BCUT2D eigenvalue weighted by Crippen LogP contribution is 2.33. The van der Waals surface area contributed by atoms with Crippen LogP contribution in [0.5, 0.6) is 5.75 Å². The van der Waals surface area contributed by atoms with Gasteiger partial charge in [0.1, 0.15) is 5.75 Å². The van der Waals surface area contributed by atoms with Gasteiger partial charge in [0.15, 0.2) is 16.4 Å². The van der Waals surface area contributed by atoms with Crippen LogP contribution in [0.15, 0.2) is 47.4 Å². The molecule has 0 aliphatic carbocycles. The van der Waals surface area contributed by atoms with E-state index in [-0.39, 0.29) is 17.3 Å². The van der Waals surface area contributed by atoms with Crippen LogP contribution in [-0.4, -0.2) is 26.7 Å². The molecule has 1 atom stereocenters. The Morgan fingerprint density at radius 3 is 2.71 bits per heavy atom. The third kappa shape index (κ3) is 3.50. The summed E-state index contributed by atoms with van der Waals surface area (Å²) in [5.41, 5.74) is 0.593. The van der Waals surface area contributed by atoms with Crippen LogP contribution >= 0.6 is 23.2 Å². The van der Waals surface area contributed by atoms with E-state index in [1.807, 2.05) is 0 Å². The molecule has 0 aromatic heterocycles. The molecule has 1 aliphatic heterocycles. The molecule has 2 aromatic carbocycles. The number of fused-ring (bicyclic) bond motifs is 1. The van der Waals surface area contributed by atoms with Crippen LogP contribution in [0.25, 0.3) is 0 Å². The fourth-order valence-corrected chi connectivity index (χ4v) is 4.74. The van der Waals surface area contributed by atoms with Gasteiger partial charge in [-0.1, -0.05) is 41.4 Å². The Hall–Kier alpha value is -1.76. The molecule has 0 radical (unpaired) electrons. The molecule has 5 nitrogen and oxygen atoms in total. The van der Waals surface area contributed by atoms with E-state index in [1.54, 1.807) is 36.4 Å². The Morgan fingerprint density at radius 1 is 1.21 bits per heavy atom. The monoisotopic (exact) mass is 385 g/mol. The number of hydrogen-bond donors (Lipinski definition) is 1. The summed E-state index contributed by atoms with van der Waals surface area (Å²) in [4.78, 5) is 12.3. The van der Waals surface area contributed by atoms with Crippen molar-refractivity contribution in [2.45, 2.75) is 10.9 Å². The third-order valence-electron chi connectivity index (χ3n) is 3.60. The standard InChI is InChI=1S/C16H13Cl2NO4S/c17-10-5-6-14(12(18)7-10)23-8-16(20)19-13-9-24(21,22)15-4-2-1-3-11(13)15/h1-7,13H,8-9H2,(H,19,20)/t13-/m0/s1. The Bertz CT molecular complexity index is 899. The van der Waals surface area contributed by atoms with Crippen LogP contribution in [0.1, 0.15) is 11.6 Å². The molecule has 0 saturated carbocycles. The predicted molar refractivity (Wildman–Crippen MR) is 91.3 cm³/mol. The highest BCUT2D eigenvalue weighted by molar-refractivity contribution is 7.91. The van der Waals surface area contributed by atoms with Crippen molar-refractivity contribution < 1.29 is 17.9 Å². The SMILES string of the molecule is O=C(COc1ccc(Cl)cc1Cl)N[C@H]1CS(=O)(=O)c2ccccc21. The maximum absolute atomic E-state index is 12.1. The van der Waals surface area contributed by atoms with Crippen molar-refractivity contribution in [3.63, 3.8) is 0 Å². The summed E-state index contributed by atoms with van der Waals surface area (Å²) >= 11 is 11.8. The summed E-state index contributed by atoms with van der Waals surface area (Å²) in [5.74, 6) is -0.256. The summed E-state index contributed by atoms with van der Waals surface area (Å²) in [6.07, 6.45) is 0. The van der Waals surface area contributed by atoms with Crippen LogP contribution in [-0.2, 0) is 14.6 Å². The smallest absolute Gasteiger partial charge is 0.258 e. The molecule has 0 bridgehead atoms. The molecular formula is C16H13Cl2NO4S. The highest BCUT2D eigenvalue weighted by atomic mass is 35.5. The van der Waals surface area contributed by atoms with Crippen molar-refractivity contribution in [3.8, 4) is 5.75 Å². The maximum atomic E-state index is 12.1. The number of halogens is 2. The lowest BCUT2D eigenvalue weighted by molar-refractivity contribution is -0.123. The van der Waals surface area contributed by atoms with Crippen molar-refractivity contribution in [3.05, 3.63) is 58.1 Å². The van der Waals surface area contributed by atoms with Gasteiger partial charge in [-0.05, 0) is 29.8 Å². The first-order chi connectivity index (χ1) is 11.4. The lowest BCUT2D eigenvalue weighted by atomic mass is 10.1. The van der Waals surface area contributed by atoms with Gasteiger partial charge in [0, 0.05) is 5.02 Å². The number of nitrogens with one attached hydrogen (secondary N) is 1. The zero-order chi connectivity index (χ0) is 17.3. The quantitative estimate of drug-likeness (QED) is 0.877. The normalized spacial score (nSPS) is 18.0. The Balaban J connectivity index is 1.66. The van der Waals surface area contributed by atoms with Gasteiger partial charge in [0.2, 0.25) is 0 Å². The molecule has 1 N–H and O–H groups in total. The Kier molecular flexibility index (Phi) is 4.71. The van der Waals surface area contributed by atoms with E-state index >= 15 is 0 Å². The number of ether oxygens (including phenoxy) is 1. The van der Waals surface area contributed by atoms with Gasteiger partial charge in [0.25, 0.3) is 5.91 Å². The van der Waals surface area contributed by atoms with Gasteiger partial charge in [0.05, 0.1) is 21.7 Å². The third-order valence-corrected chi connectivity index (χ3v) is 5.95. The topological polar surface area (TPSA) is 72.5 Å². The second-order valence-electron chi connectivity index (χ2n) is 5.30. The molecule has 8 heteroatoms. The summed E-state index contributed by atoms with van der Waals surface area (Å²) < 4.78 is 29.5. The Morgan fingerprint density at radius 2 is 1.96 bits per heavy atom. The fraction of sp³-hybridized carbons (Fsp3) is 0.188. The van der Waals surface area contributed by atoms with Gasteiger partial charge in [-0.25, -0.2) is 8.42 Å². The van der Waals surface area contributed by atoms with Crippen LogP contribution < -0.4 is 10.1 Å². The molecule has 24 heavy (non-hydrogen) atoms. The molecule has 0 fully saturated rings. The largest absolute Gasteiger partial charge is 0.482 e. The van der Waals surface area contributed by atoms with E-state index in [2.05, 4.69) is 5.32 Å². The number of sulfone groups is 1. The lowest BCUT2D eigenvalue weighted by Crippen LogP contribution is -2.33. The number of benzene rings is 2. The van der Waals surface area contributed by atoms with E-state index in [1.165, 1.54) is 6.07 Å². The molecule has 126 valence electrons. The van der Waals surface area contributed by atoms with Crippen LogP contribution in [0.4, 0.5) is 0 Å². The molecule has 1 heterocycles. The maximum Gasteiger partial charge on any atom is 0.258 e. The molecule has 1 amide bonds. The first-order valence-corrected chi connectivity index (χ1v) is 9.46. The number of hydrogen-bond acceptors (Lipinski definition) is 4. The van der Waals surface area contributed by atoms with Crippen molar-refractivity contribution in [2.75, 3.05) is 12.4 Å². The molecule has 3 rings (SSSR count). The minimum atomic E-state index is -3.37. The second kappa shape index (κ2) is 6.63. The van der Waals surface area contributed by atoms with Crippen molar-refractivity contribution in [2.24, 2.45) is 0 Å². The zero-order valence-electron chi connectivity index (χ0n) is 12.3. The van der Waals surface area contributed by atoms with Gasteiger partial charge in [-0.15, -0.1) is 0 Å². The summed E-state index contributed by atoms with van der Waals surface area (Å²) in [5, 5.41) is 3.44. The number of rotatable bonds is 4.